The maximum atomic E-state index is 10.9. The number of hydrogen-bond donors (Lipinski definition) is 1. The molecule has 0 fully saturated rings. The molecule has 1 N–H and O–H groups in total. The van der Waals surface area contributed by atoms with Gasteiger partial charge in [0.05, 0.1) is 11.6 Å². The van der Waals surface area contributed by atoms with Crippen molar-refractivity contribution >= 4 is 17.7 Å². The molecule has 1 aromatic rings. The van der Waals surface area contributed by atoms with E-state index in [9.17, 15) is 4.79 Å². The predicted octanol–water partition coefficient (Wildman–Crippen LogP) is 1.78. The summed E-state index contributed by atoms with van der Waals surface area (Å²) in [6, 6.07) is 1.65. The van der Waals surface area contributed by atoms with Crippen LogP contribution < -0.4 is 0 Å². The van der Waals surface area contributed by atoms with Gasteiger partial charge in [-0.1, -0.05) is 18.7 Å². The minimum atomic E-state index is -0.835. The lowest BCUT2D eigenvalue weighted by Gasteiger charge is -2.08. The maximum Gasteiger partial charge on any atom is 0.312 e. The average Bonchev–Trinajstić information content (AvgIpc) is 2.19. The fourth-order valence-electron chi connectivity index (χ4n) is 1.16. The van der Waals surface area contributed by atoms with Crippen LogP contribution in [0.25, 0.3) is 0 Å². The van der Waals surface area contributed by atoms with Crippen molar-refractivity contribution in [1.82, 2.24) is 9.97 Å². The van der Waals surface area contributed by atoms with Gasteiger partial charge in [-0.2, -0.15) is 0 Å². The van der Waals surface area contributed by atoms with Gasteiger partial charge < -0.3 is 5.11 Å². The topological polar surface area (TPSA) is 63.1 Å². The van der Waals surface area contributed by atoms with Crippen LogP contribution in [0.4, 0.5) is 0 Å². The summed E-state index contributed by atoms with van der Waals surface area (Å²) in [5, 5.41) is 9.54. The first kappa shape index (κ1) is 11.0. The molecule has 0 saturated heterocycles. The van der Waals surface area contributed by atoms with E-state index in [1.54, 1.807) is 12.3 Å². The van der Waals surface area contributed by atoms with Crippen molar-refractivity contribution in [3.63, 3.8) is 0 Å². The van der Waals surface area contributed by atoms with E-state index in [1.807, 2.05) is 13.2 Å². The molecule has 76 valence electrons. The van der Waals surface area contributed by atoms with Crippen LogP contribution in [0.2, 0.25) is 0 Å². The van der Waals surface area contributed by atoms with E-state index >= 15 is 0 Å². The minimum absolute atomic E-state index is 0.524. The van der Waals surface area contributed by atoms with Crippen LogP contribution in [0.15, 0.2) is 17.4 Å². The van der Waals surface area contributed by atoms with Crippen molar-refractivity contribution in [2.75, 3.05) is 6.26 Å². The number of aliphatic carboxylic acids is 1. The number of nitrogens with zero attached hydrogens (tertiary/aromatic N) is 2. The van der Waals surface area contributed by atoms with E-state index in [0.29, 0.717) is 17.3 Å². The number of carboxylic acid groups (broad SMARTS) is 1. The number of thioether (sulfide) groups is 1. The van der Waals surface area contributed by atoms with E-state index in [-0.39, 0.29) is 0 Å². The monoisotopic (exact) mass is 212 g/mol. The molecule has 0 aliphatic heterocycles. The zero-order chi connectivity index (χ0) is 10.6. The second-order valence-electron chi connectivity index (χ2n) is 2.77. The highest BCUT2D eigenvalue weighted by molar-refractivity contribution is 7.98. The Morgan fingerprint density at radius 1 is 1.71 bits per heavy atom. The normalized spacial score (nSPS) is 12.4. The Kier molecular flexibility index (Phi) is 3.88. The molecule has 0 aromatic carbocycles. The van der Waals surface area contributed by atoms with Crippen LogP contribution in [0.1, 0.15) is 25.0 Å². The van der Waals surface area contributed by atoms with Crippen LogP contribution in [-0.2, 0) is 4.79 Å². The van der Waals surface area contributed by atoms with Crippen molar-refractivity contribution in [1.29, 1.82) is 0 Å². The van der Waals surface area contributed by atoms with Crippen LogP contribution in [0.5, 0.6) is 0 Å². The Labute approximate surface area is 86.8 Å². The summed E-state index contributed by atoms with van der Waals surface area (Å²) in [6.07, 6.45) is 4.00. The third kappa shape index (κ3) is 2.45. The van der Waals surface area contributed by atoms with Crippen LogP contribution >= 0.6 is 11.8 Å². The highest BCUT2D eigenvalue weighted by atomic mass is 32.2. The van der Waals surface area contributed by atoms with Gasteiger partial charge in [-0.25, -0.2) is 9.97 Å². The quantitative estimate of drug-likeness (QED) is 0.608. The smallest absolute Gasteiger partial charge is 0.312 e. The molecular weight excluding hydrogens is 200 g/mol. The summed E-state index contributed by atoms with van der Waals surface area (Å²) in [5.74, 6) is -1.36. The first-order valence-electron chi connectivity index (χ1n) is 4.28. The Morgan fingerprint density at radius 2 is 2.43 bits per heavy atom. The molecule has 0 radical (unpaired) electrons. The summed E-state index contributed by atoms with van der Waals surface area (Å²) in [4.78, 5) is 19.0. The number of carboxylic acids is 1. The van der Waals surface area contributed by atoms with E-state index in [4.69, 9.17) is 5.11 Å². The Morgan fingerprint density at radius 3 is 2.93 bits per heavy atom. The number of carbonyl (C=O) groups is 1. The van der Waals surface area contributed by atoms with Crippen molar-refractivity contribution in [2.24, 2.45) is 0 Å². The second-order valence-corrected chi connectivity index (χ2v) is 3.54. The molecule has 0 aliphatic carbocycles. The van der Waals surface area contributed by atoms with E-state index in [0.717, 1.165) is 0 Å². The maximum absolute atomic E-state index is 10.9. The number of aromatic nitrogens is 2. The van der Waals surface area contributed by atoms with E-state index < -0.39 is 11.9 Å². The highest BCUT2D eigenvalue weighted by Gasteiger charge is 2.19. The number of hydrogen-bond acceptors (Lipinski definition) is 4. The molecule has 1 unspecified atom stereocenters. The summed E-state index contributed by atoms with van der Waals surface area (Å²) >= 11 is 1.41. The lowest BCUT2D eigenvalue weighted by molar-refractivity contribution is -0.138. The van der Waals surface area contributed by atoms with Gasteiger partial charge in [0.1, 0.15) is 0 Å². The van der Waals surface area contributed by atoms with Gasteiger partial charge in [-0.15, -0.1) is 0 Å². The molecule has 1 rings (SSSR count). The van der Waals surface area contributed by atoms with Crippen molar-refractivity contribution < 1.29 is 9.90 Å². The Hall–Kier alpha value is -1.10. The van der Waals surface area contributed by atoms with Gasteiger partial charge in [0.25, 0.3) is 0 Å². The molecule has 1 heterocycles. The van der Waals surface area contributed by atoms with Gasteiger partial charge in [0, 0.05) is 6.20 Å². The molecule has 0 aliphatic rings. The molecule has 4 nitrogen and oxygen atoms in total. The van der Waals surface area contributed by atoms with Gasteiger partial charge in [-0.05, 0) is 18.7 Å². The van der Waals surface area contributed by atoms with Crippen molar-refractivity contribution in [3.8, 4) is 0 Å². The van der Waals surface area contributed by atoms with E-state index in [1.165, 1.54) is 11.8 Å². The number of rotatable bonds is 4. The standard InChI is InChI=1S/C9H12N2O2S/c1-3-6(8(12)13)7-4-5-10-9(11-7)14-2/h4-6H,3H2,1-2H3,(H,12,13). The lowest BCUT2D eigenvalue weighted by Crippen LogP contribution is -2.12. The lowest BCUT2D eigenvalue weighted by atomic mass is 10.0. The molecule has 0 bridgehead atoms. The van der Waals surface area contributed by atoms with E-state index in [2.05, 4.69) is 9.97 Å². The van der Waals surface area contributed by atoms with Crippen LogP contribution in [0, 0.1) is 0 Å². The minimum Gasteiger partial charge on any atom is -0.481 e. The molecule has 0 saturated carbocycles. The molecule has 14 heavy (non-hydrogen) atoms. The van der Waals surface area contributed by atoms with Gasteiger partial charge >= 0.3 is 5.97 Å². The fraction of sp³-hybridized carbons (Fsp3) is 0.444. The first-order chi connectivity index (χ1) is 6.69. The predicted molar refractivity (Wildman–Crippen MR) is 54.5 cm³/mol. The van der Waals surface area contributed by atoms with Gasteiger partial charge in [0.2, 0.25) is 0 Å². The molecule has 0 spiro atoms. The Bertz CT molecular complexity index is 330. The highest BCUT2D eigenvalue weighted by Crippen LogP contribution is 2.19. The average molecular weight is 212 g/mol. The molecular formula is C9H12N2O2S. The molecule has 5 heteroatoms. The third-order valence-electron chi connectivity index (χ3n) is 1.90. The van der Waals surface area contributed by atoms with Crippen LogP contribution in [0.3, 0.4) is 0 Å². The SMILES string of the molecule is CCC(C(=O)O)c1ccnc(SC)n1. The van der Waals surface area contributed by atoms with Gasteiger partial charge in [0.15, 0.2) is 5.16 Å². The summed E-state index contributed by atoms with van der Waals surface area (Å²) in [5.41, 5.74) is 0.583. The fourth-order valence-corrected chi connectivity index (χ4v) is 1.52. The second kappa shape index (κ2) is 4.95. The molecule has 1 atom stereocenters. The van der Waals surface area contributed by atoms with Crippen molar-refractivity contribution in [3.05, 3.63) is 18.0 Å². The zero-order valence-electron chi connectivity index (χ0n) is 8.10. The van der Waals surface area contributed by atoms with Crippen LogP contribution in [-0.4, -0.2) is 27.3 Å². The molecule has 0 amide bonds. The summed E-state index contributed by atoms with van der Waals surface area (Å²) in [6.45, 7) is 1.83. The summed E-state index contributed by atoms with van der Waals surface area (Å²) in [7, 11) is 0. The first-order valence-corrected chi connectivity index (χ1v) is 5.51. The zero-order valence-corrected chi connectivity index (χ0v) is 8.91. The summed E-state index contributed by atoms with van der Waals surface area (Å²) < 4.78 is 0. The Balaban J connectivity index is 2.98. The van der Waals surface area contributed by atoms with Crippen molar-refractivity contribution in [2.45, 2.75) is 24.4 Å². The third-order valence-corrected chi connectivity index (χ3v) is 2.46. The largest absolute Gasteiger partial charge is 0.481 e. The molecule has 1 aromatic heterocycles. The van der Waals surface area contributed by atoms with Gasteiger partial charge in [-0.3, -0.25) is 4.79 Å².